The largest absolute Gasteiger partial charge is 0.366 e. The monoisotopic (exact) mass is 336 g/mol. The van der Waals surface area contributed by atoms with Crippen molar-refractivity contribution in [3.8, 4) is 18.2 Å². The molecule has 0 saturated carbocycles. The number of nitrogens with zero attached hydrogens (tertiary/aromatic N) is 5. The minimum atomic E-state index is -0.462. The van der Waals surface area contributed by atoms with E-state index in [9.17, 15) is 10.1 Å². The Morgan fingerprint density at radius 1 is 1.08 bits per heavy atom. The van der Waals surface area contributed by atoms with Crippen molar-refractivity contribution in [3.05, 3.63) is 39.6 Å². The SMILES string of the molecule is N#CC(C#N)=C(C#N)Nc1ccc(N2CCCCCC2)c([N+](=O)[O-])c1. The van der Waals surface area contributed by atoms with Crippen LogP contribution < -0.4 is 10.2 Å². The third kappa shape index (κ3) is 4.25. The van der Waals surface area contributed by atoms with Crippen molar-refractivity contribution in [2.75, 3.05) is 23.3 Å². The maximum atomic E-state index is 11.5. The van der Waals surface area contributed by atoms with Gasteiger partial charge in [0.25, 0.3) is 5.69 Å². The Bertz CT molecular complexity index is 801. The van der Waals surface area contributed by atoms with Crippen molar-refractivity contribution in [3.63, 3.8) is 0 Å². The first kappa shape index (κ1) is 17.8. The average Bonchev–Trinajstić information content (AvgIpc) is 2.91. The van der Waals surface area contributed by atoms with E-state index in [1.165, 1.54) is 6.07 Å². The third-order valence-electron chi connectivity index (χ3n) is 3.97. The van der Waals surface area contributed by atoms with Gasteiger partial charge in [0.2, 0.25) is 0 Å². The minimum Gasteiger partial charge on any atom is -0.366 e. The van der Waals surface area contributed by atoms with Gasteiger partial charge in [0.05, 0.1) is 4.92 Å². The zero-order chi connectivity index (χ0) is 18.2. The molecule has 0 bridgehead atoms. The van der Waals surface area contributed by atoms with Gasteiger partial charge < -0.3 is 10.2 Å². The molecule has 1 fully saturated rings. The molecule has 0 atom stereocenters. The van der Waals surface area contributed by atoms with Crippen molar-refractivity contribution >= 4 is 17.1 Å². The summed E-state index contributed by atoms with van der Waals surface area (Å²) in [5.41, 5.74) is 0.147. The summed E-state index contributed by atoms with van der Waals surface area (Å²) < 4.78 is 0. The van der Waals surface area contributed by atoms with Crippen LogP contribution in [0, 0.1) is 44.1 Å². The molecule has 8 nitrogen and oxygen atoms in total. The Morgan fingerprint density at radius 3 is 2.24 bits per heavy atom. The molecule has 126 valence electrons. The van der Waals surface area contributed by atoms with E-state index in [1.54, 1.807) is 30.3 Å². The maximum Gasteiger partial charge on any atom is 0.294 e. The maximum absolute atomic E-state index is 11.5. The highest BCUT2D eigenvalue weighted by molar-refractivity contribution is 5.71. The molecule has 8 heteroatoms. The molecule has 1 aromatic rings. The molecule has 1 aliphatic heterocycles. The van der Waals surface area contributed by atoms with E-state index in [1.807, 2.05) is 4.90 Å². The molecular formula is C17H16N6O2. The number of nitro groups is 1. The van der Waals surface area contributed by atoms with Gasteiger partial charge in [-0.25, -0.2) is 0 Å². The van der Waals surface area contributed by atoms with E-state index in [-0.39, 0.29) is 22.6 Å². The van der Waals surface area contributed by atoms with Crippen LogP contribution in [0.1, 0.15) is 25.7 Å². The molecule has 1 N–H and O–H groups in total. The summed E-state index contributed by atoms with van der Waals surface area (Å²) in [5.74, 6) is 0. The second kappa shape index (κ2) is 8.33. The molecule has 25 heavy (non-hydrogen) atoms. The van der Waals surface area contributed by atoms with Crippen molar-refractivity contribution in [2.24, 2.45) is 0 Å². The van der Waals surface area contributed by atoms with Crippen LogP contribution in [0.25, 0.3) is 0 Å². The topological polar surface area (TPSA) is 130 Å². The fourth-order valence-corrected chi connectivity index (χ4v) is 2.75. The van der Waals surface area contributed by atoms with Crippen molar-refractivity contribution in [1.82, 2.24) is 0 Å². The zero-order valence-electron chi connectivity index (χ0n) is 13.5. The van der Waals surface area contributed by atoms with Crippen LogP contribution in [0.15, 0.2) is 29.5 Å². The van der Waals surface area contributed by atoms with E-state index in [0.717, 1.165) is 38.8 Å². The van der Waals surface area contributed by atoms with Crippen LogP contribution in [-0.4, -0.2) is 18.0 Å². The van der Waals surface area contributed by atoms with Crippen molar-refractivity contribution in [1.29, 1.82) is 15.8 Å². The summed E-state index contributed by atoms with van der Waals surface area (Å²) in [6, 6.07) is 9.54. The van der Waals surface area contributed by atoms with E-state index in [0.29, 0.717) is 5.69 Å². The lowest BCUT2D eigenvalue weighted by molar-refractivity contribution is -0.384. The summed E-state index contributed by atoms with van der Waals surface area (Å²) >= 11 is 0. The van der Waals surface area contributed by atoms with Gasteiger partial charge in [0.1, 0.15) is 29.6 Å². The number of allylic oxidation sites excluding steroid dienone is 2. The molecule has 0 unspecified atom stereocenters. The van der Waals surface area contributed by atoms with E-state index >= 15 is 0 Å². The predicted molar refractivity (Wildman–Crippen MR) is 91.3 cm³/mol. The molecule has 2 rings (SSSR count). The number of hydrogen-bond donors (Lipinski definition) is 1. The van der Waals surface area contributed by atoms with Crippen LogP contribution >= 0.6 is 0 Å². The van der Waals surface area contributed by atoms with E-state index in [4.69, 9.17) is 15.8 Å². The number of rotatable bonds is 4. The average molecular weight is 336 g/mol. The number of hydrogen-bond acceptors (Lipinski definition) is 7. The number of nitro benzene ring substituents is 1. The number of anilines is 2. The molecule has 1 aromatic carbocycles. The molecular weight excluding hydrogens is 320 g/mol. The second-order valence-corrected chi connectivity index (χ2v) is 5.57. The molecule has 0 amide bonds. The fourth-order valence-electron chi connectivity index (χ4n) is 2.75. The van der Waals surface area contributed by atoms with Gasteiger partial charge in [-0.05, 0) is 25.0 Å². The molecule has 1 saturated heterocycles. The Morgan fingerprint density at radius 2 is 1.72 bits per heavy atom. The minimum absolute atomic E-state index is 0.0698. The standard InChI is InChI=1S/C17H16N6O2/c18-10-13(11-19)15(12-20)21-14-5-6-16(17(9-14)23(24)25)22-7-3-1-2-4-8-22/h5-6,9,21H,1-4,7-8H2. The summed E-state index contributed by atoms with van der Waals surface area (Å²) in [4.78, 5) is 13.0. The molecule has 0 aromatic heterocycles. The number of nitrogens with one attached hydrogen (secondary N) is 1. The second-order valence-electron chi connectivity index (χ2n) is 5.57. The summed E-state index contributed by atoms with van der Waals surface area (Å²) in [6.07, 6.45) is 4.22. The predicted octanol–water partition coefficient (Wildman–Crippen LogP) is 3.21. The Labute approximate surface area is 145 Å². The van der Waals surface area contributed by atoms with Gasteiger partial charge in [-0.3, -0.25) is 10.1 Å². The van der Waals surface area contributed by atoms with Crippen LogP contribution in [-0.2, 0) is 0 Å². The van der Waals surface area contributed by atoms with Crippen molar-refractivity contribution in [2.45, 2.75) is 25.7 Å². The lowest BCUT2D eigenvalue weighted by Crippen LogP contribution is -2.24. The molecule has 0 spiro atoms. The van der Waals surface area contributed by atoms with Gasteiger partial charge >= 0.3 is 0 Å². The highest BCUT2D eigenvalue weighted by Gasteiger charge is 2.21. The summed E-state index contributed by atoms with van der Waals surface area (Å²) in [5, 5.41) is 40.9. The Kier molecular flexibility index (Phi) is 5.92. The van der Waals surface area contributed by atoms with Gasteiger partial charge in [-0.1, -0.05) is 12.8 Å². The van der Waals surface area contributed by atoms with Gasteiger partial charge in [-0.15, -0.1) is 0 Å². The first-order chi connectivity index (χ1) is 12.1. The smallest absolute Gasteiger partial charge is 0.294 e. The van der Waals surface area contributed by atoms with Crippen LogP contribution in [0.2, 0.25) is 0 Å². The van der Waals surface area contributed by atoms with Crippen LogP contribution in [0.5, 0.6) is 0 Å². The Balaban J connectivity index is 2.38. The highest BCUT2D eigenvalue weighted by Crippen LogP contribution is 2.33. The molecule has 0 radical (unpaired) electrons. The summed E-state index contributed by atoms with van der Waals surface area (Å²) in [6.45, 7) is 1.54. The third-order valence-corrected chi connectivity index (χ3v) is 3.97. The van der Waals surface area contributed by atoms with E-state index < -0.39 is 4.92 Å². The zero-order valence-corrected chi connectivity index (χ0v) is 13.5. The lowest BCUT2D eigenvalue weighted by atomic mass is 10.2. The quantitative estimate of drug-likeness (QED) is 0.507. The lowest BCUT2D eigenvalue weighted by Gasteiger charge is -2.22. The summed E-state index contributed by atoms with van der Waals surface area (Å²) in [7, 11) is 0. The molecule has 1 heterocycles. The highest BCUT2D eigenvalue weighted by atomic mass is 16.6. The van der Waals surface area contributed by atoms with E-state index in [2.05, 4.69) is 5.32 Å². The van der Waals surface area contributed by atoms with Crippen molar-refractivity contribution < 1.29 is 4.92 Å². The molecule has 0 aliphatic carbocycles. The number of benzene rings is 1. The normalized spacial score (nSPS) is 13.6. The van der Waals surface area contributed by atoms with Crippen LogP contribution in [0.4, 0.5) is 17.1 Å². The van der Waals surface area contributed by atoms with Crippen LogP contribution in [0.3, 0.4) is 0 Å². The van der Waals surface area contributed by atoms with Gasteiger partial charge in [-0.2, -0.15) is 15.8 Å². The fraction of sp³-hybridized carbons (Fsp3) is 0.353. The first-order valence-electron chi connectivity index (χ1n) is 7.85. The molecule has 1 aliphatic rings. The van der Waals surface area contributed by atoms with Gasteiger partial charge in [0.15, 0.2) is 5.57 Å². The first-order valence-corrected chi connectivity index (χ1v) is 7.85. The Hall–Kier alpha value is -3.57. The number of nitriles is 3. The van der Waals surface area contributed by atoms with Gasteiger partial charge in [0, 0.05) is 24.8 Å².